The monoisotopic (exact) mass is 429 g/mol. The molecule has 2 aromatic rings. The lowest BCUT2D eigenvalue weighted by molar-refractivity contribution is -0.137. The van der Waals surface area contributed by atoms with Gasteiger partial charge in [0, 0.05) is 12.6 Å². The number of primary amides is 1. The second-order valence-corrected chi connectivity index (χ2v) is 6.31. The molecule has 1 atom stereocenters. The topological polar surface area (TPSA) is 85.1 Å². The van der Waals surface area contributed by atoms with E-state index in [1.807, 2.05) is 0 Å². The van der Waals surface area contributed by atoms with Crippen LogP contribution in [0, 0.1) is 0 Å². The molecule has 138 valence electrons. The van der Waals surface area contributed by atoms with Crippen LogP contribution in [0.4, 0.5) is 13.2 Å². The fourth-order valence-corrected chi connectivity index (χ4v) is 2.71. The van der Waals surface area contributed by atoms with Gasteiger partial charge in [0.2, 0.25) is 11.8 Å². The number of pyridine rings is 1. The van der Waals surface area contributed by atoms with Gasteiger partial charge in [-0.1, -0.05) is 24.3 Å². The van der Waals surface area contributed by atoms with Gasteiger partial charge in [-0.2, -0.15) is 13.2 Å². The van der Waals surface area contributed by atoms with Gasteiger partial charge in [0.15, 0.2) is 0 Å². The molecule has 26 heavy (non-hydrogen) atoms. The highest BCUT2D eigenvalue weighted by atomic mass is 79.9. The van der Waals surface area contributed by atoms with Gasteiger partial charge in [-0.15, -0.1) is 0 Å². The highest BCUT2D eigenvalue weighted by Gasteiger charge is 2.30. The highest BCUT2D eigenvalue weighted by Crippen LogP contribution is 2.29. The van der Waals surface area contributed by atoms with Crippen LogP contribution in [0.1, 0.15) is 16.7 Å². The lowest BCUT2D eigenvalue weighted by Gasteiger charge is -2.16. The molecule has 0 bridgehead atoms. The molecular weight excluding hydrogens is 415 g/mol. The van der Waals surface area contributed by atoms with Crippen molar-refractivity contribution < 1.29 is 22.8 Å². The largest absolute Gasteiger partial charge is 0.416 e. The number of nitrogens with one attached hydrogen (secondary N) is 1. The zero-order valence-corrected chi connectivity index (χ0v) is 15.0. The number of rotatable bonds is 6. The Labute approximate surface area is 155 Å². The van der Waals surface area contributed by atoms with E-state index in [-0.39, 0.29) is 18.4 Å². The number of carbonyl (C=O) groups is 2. The van der Waals surface area contributed by atoms with Crippen molar-refractivity contribution in [3.8, 4) is 0 Å². The van der Waals surface area contributed by atoms with Crippen molar-refractivity contribution in [2.45, 2.75) is 25.1 Å². The minimum absolute atomic E-state index is 0.109. The Bertz CT molecular complexity index is 812. The summed E-state index contributed by atoms with van der Waals surface area (Å²) in [6.07, 6.45) is -3.13. The summed E-state index contributed by atoms with van der Waals surface area (Å²) in [5.41, 5.74) is 5.33. The first-order valence-electron chi connectivity index (χ1n) is 7.51. The molecule has 5 nitrogen and oxygen atoms in total. The zero-order chi connectivity index (χ0) is 19.3. The predicted octanol–water partition coefficient (Wildman–Crippen LogP) is 2.62. The SMILES string of the molecule is NC(=O)[C@@H](Cc1cccnc1Br)NC(=O)Cc1cccc(C(F)(F)F)c1. The number of nitrogens with two attached hydrogens (primary N) is 1. The second kappa shape index (κ2) is 8.31. The fraction of sp³-hybridized carbons (Fsp3) is 0.235. The molecule has 1 heterocycles. The maximum Gasteiger partial charge on any atom is 0.416 e. The minimum atomic E-state index is -4.49. The standard InChI is InChI=1S/C17H15BrF3N3O2/c18-15-11(4-2-6-23-15)9-13(16(22)26)24-14(25)8-10-3-1-5-12(7-10)17(19,20)21/h1-7,13H,8-9H2,(H2,22,26)(H,24,25)/t13-/m1/s1. The first-order chi connectivity index (χ1) is 12.2. The molecule has 1 aromatic carbocycles. The molecule has 0 aliphatic carbocycles. The predicted molar refractivity (Wildman–Crippen MR) is 91.9 cm³/mol. The molecule has 0 unspecified atom stereocenters. The molecule has 0 aliphatic heterocycles. The third-order valence-corrected chi connectivity index (χ3v) is 4.27. The minimum Gasteiger partial charge on any atom is -0.368 e. The van der Waals surface area contributed by atoms with E-state index in [1.54, 1.807) is 18.3 Å². The summed E-state index contributed by atoms with van der Waals surface area (Å²) < 4.78 is 38.7. The Hall–Kier alpha value is -2.42. The van der Waals surface area contributed by atoms with E-state index in [0.29, 0.717) is 10.2 Å². The first-order valence-corrected chi connectivity index (χ1v) is 8.30. The smallest absolute Gasteiger partial charge is 0.368 e. The highest BCUT2D eigenvalue weighted by molar-refractivity contribution is 9.10. The summed E-state index contributed by atoms with van der Waals surface area (Å²) in [5.74, 6) is -1.36. The number of halogens is 4. The normalized spacial score (nSPS) is 12.5. The van der Waals surface area contributed by atoms with Gasteiger partial charge in [-0.3, -0.25) is 9.59 Å². The van der Waals surface area contributed by atoms with Crippen molar-refractivity contribution in [1.82, 2.24) is 10.3 Å². The van der Waals surface area contributed by atoms with Gasteiger partial charge < -0.3 is 11.1 Å². The van der Waals surface area contributed by atoms with Gasteiger partial charge in [-0.25, -0.2) is 4.98 Å². The number of amides is 2. The van der Waals surface area contributed by atoms with Crippen LogP contribution in [-0.2, 0) is 28.6 Å². The molecule has 1 aromatic heterocycles. The molecule has 2 amide bonds. The van der Waals surface area contributed by atoms with Crippen LogP contribution in [0.25, 0.3) is 0 Å². The van der Waals surface area contributed by atoms with E-state index < -0.39 is 29.6 Å². The Morgan fingerprint density at radius 1 is 1.23 bits per heavy atom. The Morgan fingerprint density at radius 2 is 1.96 bits per heavy atom. The van der Waals surface area contributed by atoms with Crippen LogP contribution < -0.4 is 11.1 Å². The molecule has 0 spiro atoms. The molecule has 3 N–H and O–H groups in total. The quantitative estimate of drug-likeness (QED) is 0.692. The maximum atomic E-state index is 12.7. The van der Waals surface area contributed by atoms with Gasteiger partial charge in [-0.05, 0) is 39.2 Å². The fourth-order valence-electron chi connectivity index (χ4n) is 2.30. The van der Waals surface area contributed by atoms with Gasteiger partial charge >= 0.3 is 6.18 Å². The number of hydrogen-bond donors (Lipinski definition) is 2. The average molecular weight is 430 g/mol. The number of nitrogens with zero attached hydrogens (tertiary/aromatic N) is 1. The lowest BCUT2D eigenvalue weighted by Crippen LogP contribution is -2.46. The number of aromatic nitrogens is 1. The van der Waals surface area contributed by atoms with Crippen LogP contribution in [0.2, 0.25) is 0 Å². The van der Waals surface area contributed by atoms with E-state index >= 15 is 0 Å². The number of alkyl halides is 3. The Kier molecular flexibility index (Phi) is 6.36. The van der Waals surface area contributed by atoms with E-state index in [4.69, 9.17) is 5.73 Å². The average Bonchev–Trinajstić information content (AvgIpc) is 2.55. The van der Waals surface area contributed by atoms with E-state index in [9.17, 15) is 22.8 Å². The van der Waals surface area contributed by atoms with Crippen molar-refractivity contribution in [3.63, 3.8) is 0 Å². The van der Waals surface area contributed by atoms with Crippen LogP contribution >= 0.6 is 15.9 Å². The number of hydrogen-bond acceptors (Lipinski definition) is 3. The molecule has 9 heteroatoms. The van der Waals surface area contributed by atoms with Crippen LogP contribution in [0.5, 0.6) is 0 Å². The molecular formula is C17H15BrF3N3O2. The zero-order valence-electron chi connectivity index (χ0n) is 13.4. The molecule has 0 radical (unpaired) electrons. The maximum absolute atomic E-state index is 12.7. The first kappa shape index (κ1) is 19.9. The van der Waals surface area contributed by atoms with Crippen molar-refractivity contribution >= 4 is 27.7 Å². The third kappa shape index (κ3) is 5.55. The molecule has 0 fully saturated rings. The molecule has 2 rings (SSSR count). The van der Waals surface area contributed by atoms with Crippen molar-refractivity contribution in [2.75, 3.05) is 0 Å². The van der Waals surface area contributed by atoms with Gasteiger partial charge in [0.1, 0.15) is 10.6 Å². The van der Waals surface area contributed by atoms with E-state index in [0.717, 1.165) is 12.1 Å². The molecule has 0 saturated carbocycles. The van der Waals surface area contributed by atoms with Crippen LogP contribution in [0.3, 0.4) is 0 Å². The van der Waals surface area contributed by atoms with Crippen molar-refractivity contribution in [2.24, 2.45) is 5.73 Å². The number of carbonyl (C=O) groups excluding carboxylic acids is 2. The van der Waals surface area contributed by atoms with Gasteiger partial charge in [0.05, 0.1) is 12.0 Å². The Balaban J connectivity index is 2.07. The van der Waals surface area contributed by atoms with E-state index in [2.05, 4.69) is 26.2 Å². The number of benzene rings is 1. The summed E-state index contributed by atoms with van der Waals surface area (Å²) >= 11 is 3.24. The van der Waals surface area contributed by atoms with Crippen LogP contribution in [0.15, 0.2) is 47.2 Å². The lowest BCUT2D eigenvalue weighted by atomic mass is 10.1. The van der Waals surface area contributed by atoms with Gasteiger partial charge in [0.25, 0.3) is 0 Å². The van der Waals surface area contributed by atoms with E-state index in [1.165, 1.54) is 12.1 Å². The van der Waals surface area contributed by atoms with Crippen LogP contribution in [-0.4, -0.2) is 22.8 Å². The third-order valence-electron chi connectivity index (χ3n) is 3.56. The second-order valence-electron chi connectivity index (χ2n) is 5.55. The van der Waals surface area contributed by atoms with Crippen molar-refractivity contribution in [3.05, 3.63) is 63.9 Å². The molecule has 0 saturated heterocycles. The summed E-state index contributed by atoms with van der Waals surface area (Å²) in [7, 11) is 0. The Morgan fingerprint density at radius 3 is 2.58 bits per heavy atom. The summed E-state index contributed by atoms with van der Waals surface area (Å²) in [5, 5.41) is 2.46. The summed E-state index contributed by atoms with van der Waals surface area (Å²) in [6.45, 7) is 0. The molecule has 0 aliphatic rings. The van der Waals surface area contributed by atoms with Crippen molar-refractivity contribution in [1.29, 1.82) is 0 Å². The summed E-state index contributed by atoms with van der Waals surface area (Å²) in [4.78, 5) is 27.8. The summed E-state index contributed by atoms with van der Waals surface area (Å²) in [6, 6.07) is 6.84.